The SMILES string of the molecule is O=C(O)c1cccc(C(=O)N2CCCC(CNC(=O)c3ccccc3)C2)c1. The molecule has 0 aromatic heterocycles. The number of nitrogens with zero attached hydrogens (tertiary/aromatic N) is 1. The lowest BCUT2D eigenvalue weighted by Gasteiger charge is -2.33. The normalized spacial score (nSPS) is 16.6. The maximum Gasteiger partial charge on any atom is 0.335 e. The lowest BCUT2D eigenvalue weighted by molar-refractivity contribution is 0.0671. The number of piperidine rings is 1. The summed E-state index contributed by atoms with van der Waals surface area (Å²) in [7, 11) is 0. The Morgan fingerprint density at radius 2 is 1.70 bits per heavy atom. The van der Waals surface area contributed by atoms with E-state index in [9.17, 15) is 14.4 Å². The Morgan fingerprint density at radius 3 is 2.44 bits per heavy atom. The Balaban J connectivity index is 1.59. The summed E-state index contributed by atoms with van der Waals surface area (Å²) in [4.78, 5) is 37.7. The molecule has 0 spiro atoms. The molecule has 2 amide bonds. The van der Waals surface area contributed by atoms with Gasteiger partial charge in [-0.2, -0.15) is 0 Å². The fourth-order valence-corrected chi connectivity index (χ4v) is 3.31. The molecular weight excluding hydrogens is 344 g/mol. The second-order valence-corrected chi connectivity index (χ2v) is 6.72. The lowest BCUT2D eigenvalue weighted by Crippen LogP contribution is -2.43. The second kappa shape index (κ2) is 8.49. The number of hydrogen-bond acceptors (Lipinski definition) is 3. The molecule has 0 saturated carbocycles. The molecule has 0 bridgehead atoms. The Kier molecular flexibility index (Phi) is 5.86. The molecule has 1 heterocycles. The maximum absolute atomic E-state index is 12.7. The van der Waals surface area contributed by atoms with Crippen LogP contribution in [0.3, 0.4) is 0 Å². The number of rotatable bonds is 5. The van der Waals surface area contributed by atoms with Crippen molar-refractivity contribution in [3.63, 3.8) is 0 Å². The van der Waals surface area contributed by atoms with E-state index in [1.54, 1.807) is 29.2 Å². The molecule has 1 unspecified atom stereocenters. The maximum atomic E-state index is 12.7. The van der Waals surface area contributed by atoms with E-state index in [2.05, 4.69) is 5.32 Å². The summed E-state index contributed by atoms with van der Waals surface area (Å²) >= 11 is 0. The molecule has 1 atom stereocenters. The number of aromatic carboxylic acids is 1. The molecule has 2 aromatic carbocycles. The average Bonchev–Trinajstić information content (AvgIpc) is 2.72. The lowest BCUT2D eigenvalue weighted by atomic mass is 9.97. The molecule has 3 rings (SSSR count). The summed E-state index contributed by atoms with van der Waals surface area (Å²) in [5, 5.41) is 12.0. The first kappa shape index (κ1) is 18.6. The predicted molar refractivity (Wildman–Crippen MR) is 101 cm³/mol. The van der Waals surface area contributed by atoms with Crippen molar-refractivity contribution in [3.05, 3.63) is 71.3 Å². The molecule has 6 heteroatoms. The van der Waals surface area contributed by atoms with Gasteiger partial charge in [-0.1, -0.05) is 24.3 Å². The van der Waals surface area contributed by atoms with Crippen molar-refractivity contribution in [2.24, 2.45) is 5.92 Å². The third kappa shape index (κ3) is 4.73. The zero-order valence-corrected chi connectivity index (χ0v) is 14.9. The third-order valence-corrected chi connectivity index (χ3v) is 4.75. The first-order valence-electron chi connectivity index (χ1n) is 9.00. The standard InChI is InChI=1S/C21H22N2O4/c24-19(16-7-2-1-3-8-16)22-13-15-6-5-11-23(14-15)20(25)17-9-4-10-18(12-17)21(26)27/h1-4,7-10,12,15H,5-6,11,13-14H2,(H,22,24)(H,26,27). The van der Waals surface area contributed by atoms with Gasteiger partial charge in [-0.05, 0) is 49.1 Å². The number of benzene rings is 2. The number of likely N-dealkylation sites (tertiary alicyclic amines) is 1. The van der Waals surface area contributed by atoms with Crippen LogP contribution >= 0.6 is 0 Å². The van der Waals surface area contributed by atoms with Gasteiger partial charge in [0.1, 0.15) is 0 Å². The number of carbonyl (C=O) groups excluding carboxylic acids is 2. The van der Waals surface area contributed by atoms with Gasteiger partial charge in [0.15, 0.2) is 0 Å². The highest BCUT2D eigenvalue weighted by atomic mass is 16.4. The van der Waals surface area contributed by atoms with Gasteiger partial charge in [-0.15, -0.1) is 0 Å². The predicted octanol–water partition coefficient (Wildman–Crippen LogP) is 2.67. The molecule has 1 fully saturated rings. The van der Waals surface area contributed by atoms with Crippen LogP contribution in [0.25, 0.3) is 0 Å². The fraction of sp³-hybridized carbons (Fsp3) is 0.286. The van der Waals surface area contributed by atoms with Gasteiger partial charge in [0.05, 0.1) is 5.56 Å². The Bertz CT molecular complexity index is 835. The fourth-order valence-electron chi connectivity index (χ4n) is 3.31. The summed E-state index contributed by atoms with van der Waals surface area (Å²) in [5.41, 5.74) is 1.10. The zero-order valence-electron chi connectivity index (χ0n) is 14.9. The Hall–Kier alpha value is -3.15. The van der Waals surface area contributed by atoms with Gasteiger partial charge in [-0.25, -0.2) is 4.79 Å². The molecule has 6 nitrogen and oxygen atoms in total. The number of carbonyl (C=O) groups is 3. The van der Waals surface area contributed by atoms with E-state index >= 15 is 0 Å². The first-order chi connectivity index (χ1) is 13.0. The van der Waals surface area contributed by atoms with Gasteiger partial charge in [0.25, 0.3) is 11.8 Å². The second-order valence-electron chi connectivity index (χ2n) is 6.72. The zero-order chi connectivity index (χ0) is 19.2. The van der Waals surface area contributed by atoms with Crippen LogP contribution in [-0.2, 0) is 0 Å². The van der Waals surface area contributed by atoms with E-state index < -0.39 is 5.97 Å². The van der Waals surface area contributed by atoms with Gasteiger partial charge in [0.2, 0.25) is 0 Å². The molecule has 0 radical (unpaired) electrons. The molecule has 2 N–H and O–H groups in total. The van der Waals surface area contributed by atoms with Crippen molar-refractivity contribution in [3.8, 4) is 0 Å². The van der Waals surface area contributed by atoms with Crippen LogP contribution in [0.2, 0.25) is 0 Å². The van der Waals surface area contributed by atoms with Crippen LogP contribution < -0.4 is 5.32 Å². The van der Waals surface area contributed by atoms with E-state index in [4.69, 9.17) is 5.11 Å². The summed E-state index contributed by atoms with van der Waals surface area (Å²) in [5.74, 6) is -1.16. The van der Waals surface area contributed by atoms with Crippen LogP contribution in [0.1, 0.15) is 43.9 Å². The number of hydrogen-bond donors (Lipinski definition) is 2. The molecule has 0 aliphatic carbocycles. The van der Waals surface area contributed by atoms with Gasteiger partial charge in [0, 0.05) is 30.8 Å². The highest BCUT2D eigenvalue weighted by Gasteiger charge is 2.25. The van der Waals surface area contributed by atoms with E-state index in [0.29, 0.717) is 30.8 Å². The van der Waals surface area contributed by atoms with Crippen LogP contribution in [0.4, 0.5) is 0 Å². The molecule has 1 aliphatic rings. The topological polar surface area (TPSA) is 86.7 Å². The molecule has 27 heavy (non-hydrogen) atoms. The number of carboxylic acid groups (broad SMARTS) is 1. The monoisotopic (exact) mass is 366 g/mol. The van der Waals surface area contributed by atoms with Crippen LogP contribution in [-0.4, -0.2) is 47.4 Å². The summed E-state index contributed by atoms with van der Waals surface area (Å²) in [6.07, 6.45) is 1.80. The van der Waals surface area contributed by atoms with E-state index in [-0.39, 0.29) is 23.3 Å². The smallest absolute Gasteiger partial charge is 0.335 e. The number of nitrogens with one attached hydrogen (secondary N) is 1. The highest BCUT2D eigenvalue weighted by molar-refractivity contribution is 5.97. The minimum absolute atomic E-state index is 0.101. The summed E-state index contributed by atoms with van der Waals surface area (Å²) < 4.78 is 0. The third-order valence-electron chi connectivity index (χ3n) is 4.75. The van der Waals surface area contributed by atoms with Crippen molar-refractivity contribution in [2.45, 2.75) is 12.8 Å². The van der Waals surface area contributed by atoms with Crippen molar-refractivity contribution in [2.75, 3.05) is 19.6 Å². The van der Waals surface area contributed by atoms with E-state index in [0.717, 1.165) is 12.8 Å². The molecular formula is C21H22N2O4. The number of amides is 2. The van der Waals surface area contributed by atoms with Gasteiger partial charge >= 0.3 is 5.97 Å². The average molecular weight is 366 g/mol. The Labute approximate surface area is 157 Å². The minimum atomic E-state index is -1.05. The number of carboxylic acids is 1. The van der Waals surface area contributed by atoms with Crippen molar-refractivity contribution in [1.82, 2.24) is 10.2 Å². The van der Waals surface area contributed by atoms with Crippen LogP contribution in [0.15, 0.2) is 54.6 Å². The Morgan fingerprint density at radius 1 is 1.00 bits per heavy atom. The van der Waals surface area contributed by atoms with Gasteiger partial charge < -0.3 is 15.3 Å². The minimum Gasteiger partial charge on any atom is -0.478 e. The van der Waals surface area contributed by atoms with Crippen molar-refractivity contribution in [1.29, 1.82) is 0 Å². The largest absolute Gasteiger partial charge is 0.478 e. The molecule has 1 aliphatic heterocycles. The molecule has 2 aromatic rings. The summed E-state index contributed by atoms with van der Waals surface area (Å²) in [6, 6.07) is 15.1. The van der Waals surface area contributed by atoms with E-state index in [1.165, 1.54) is 12.1 Å². The molecule has 1 saturated heterocycles. The van der Waals surface area contributed by atoms with Crippen molar-refractivity contribution >= 4 is 17.8 Å². The highest BCUT2D eigenvalue weighted by Crippen LogP contribution is 2.19. The van der Waals surface area contributed by atoms with Crippen molar-refractivity contribution < 1.29 is 19.5 Å². The quantitative estimate of drug-likeness (QED) is 0.852. The van der Waals surface area contributed by atoms with E-state index in [1.807, 2.05) is 18.2 Å². The van der Waals surface area contributed by atoms with Crippen LogP contribution in [0.5, 0.6) is 0 Å². The first-order valence-corrected chi connectivity index (χ1v) is 9.00. The van der Waals surface area contributed by atoms with Crippen LogP contribution in [0, 0.1) is 5.92 Å². The summed E-state index contributed by atoms with van der Waals surface area (Å²) in [6.45, 7) is 1.69. The van der Waals surface area contributed by atoms with Gasteiger partial charge in [-0.3, -0.25) is 9.59 Å². The molecule has 140 valence electrons.